The molecule has 10 heteroatoms. The molecule has 0 aliphatic rings. The van der Waals surface area contributed by atoms with Crippen LogP contribution in [-0.4, -0.2) is 49.8 Å². The molecule has 0 atom stereocenters. The summed E-state index contributed by atoms with van der Waals surface area (Å²) in [5.74, 6) is 0. The lowest BCUT2D eigenvalue weighted by Crippen LogP contribution is -1.92. The van der Waals surface area contributed by atoms with Gasteiger partial charge in [-0.25, -0.2) is 29.9 Å². The number of hydrogen-bond acceptors (Lipinski definition) is 10. The van der Waals surface area contributed by atoms with Crippen molar-refractivity contribution in [2.24, 2.45) is 0 Å². The maximum Gasteiger partial charge on any atom is 0.0972 e. The summed E-state index contributed by atoms with van der Waals surface area (Å²) >= 11 is 0. The van der Waals surface area contributed by atoms with Crippen LogP contribution in [0.1, 0.15) is 0 Å². The number of pyridine rings is 10. The minimum absolute atomic E-state index is 0.915. The predicted octanol–water partition coefficient (Wildman–Crippen LogP) is 24.5. The molecular formula is C98H58N10. The van der Waals surface area contributed by atoms with E-state index in [0.29, 0.717) is 0 Å². The number of fused-ring (bicyclic) bond motifs is 14. The van der Waals surface area contributed by atoms with Gasteiger partial charge in [-0.1, -0.05) is 206 Å². The molecule has 108 heavy (non-hydrogen) atoms. The molecule has 10 nitrogen and oxygen atoms in total. The number of para-hydroxylation sites is 2. The van der Waals surface area contributed by atoms with Crippen LogP contribution in [0.15, 0.2) is 352 Å². The van der Waals surface area contributed by atoms with Crippen molar-refractivity contribution in [2.75, 3.05) is 0 Å². The van der Waals surface area contributed by atoms with E-state index in [1.54, 1.807) is 0 Å². The average Bonchev–Trinajstić information content (AvgIpc) is 0.766. The summed E-state index contributed by atoms with van der Waals surface area (Å²) in [7, 11) is 0. The molecule has 10 heterocycles. The van der Waals surface area contributed by atoms with E-state index in [1.165, 1.54) is 0 Å². The van der Waals surface area contributed by atoms with Crippen LogP contribution >= 0.6 is 0 Å². The smallest absolute Gasteiger partial charge is 0.0972 e. The van der Waals surface area contributed by atoms with E-state index in [0.717, 1.165) is 220 Å². The van der Waals surface area contributed by atoms with E-state index in [9.17, 15) is 0 Å². The van der Waals surface area contributed by atoms with Gasteiger partial charge in [0, 0.05) is 112 Å². The molecule has 0 spiro atoms. The number of nitrogens with zero attached hydrogens (tertiary/aromatic N) is 10. The number of benzene rings is 12. The van der Waals surface area contributed by atoms with Crippen molar-refractivity contribution in [1.29, 1.82) is 0 Å². The second kappa shape index (κ2) is 25.6. The summed E-state index contributed by atoms with van der Waals surface area (Å²) in [6, 6.07) is 115. The zero-order valence-corrected chi connectivity index (χ0v) is 58.0. The third-order valence-corrected chi connectivity index (χ3v) is 21.0. The molecule has 12 aromatic carbocycles. The molecular weight excluding hydrogens is 1320 g/mol. The van der Waals surface area contributed by atoms with E-state index >= 15 is 0 Å². The van der Waals surface area contributed by atoms with Crippen LogP contribution in [-0.2, 0) is 0 Å². The molecule has 0 saturated heterocycles. The first-order valence-corrected chi connectivity index (χ1v) is 36.1. The minimum atomic E-state index is 0.915. The van der Waals surface area contributed by atoms with Gasteiger partial charge in [-0.05, 0) is 165 Å². The lowest BCUT2D eigenvalue weighted by Gasteiger charge is -2.13. The van der Waals surface area contributed by atoms with Gasteiger partial charge in [0.15, 0.2) is 0 Å². The summed E-state index contributed by atoms with van der Waals surface area (Å²) in [4.78, 5) is 49.1. The van der Waals surface area contributed by atoms with E-state index in [1.807, 2.05) is 49.1 Å². The first-order chi connectivity index (χ1) is 53.4. The van der Waals surface area contributed by atoms with Crippen molar-refractivity contribution in [3.63, 3.8) is 0 Å². The van der Waals surface area contributed by atoms with E-state index in [2.05, 4.69) is 323 Å². The summed E-state index contributed by atoms with van der Waals surface area (Å²) in [6.45, 7) is 0. The van der Waals surface area contributed by atoms with Gasteiger partial charge < -0.3 is 0 Å². The Balaban J connectivity index is 0.000000138. The summed E-state index contributed by atoms with van der Waals surface area (Å²) in [6.07, 6.45) is 7.33. The zero-order chi connectivity index (χ0) is 71.2. The Labute approximate surface area is 618 Å². The number of rotatable bonds is 8. The van der Waals surface area contributed by atoms with Crippen molar-refractivity contribution in [2.45, 2.75) is 0 Å². The second-order valence-electron chi connectivity index (χ2n) is 27.5. The monoisotopic (exact) mass is 1370 g/mol. The lowest BCUT2D eigenvalue weighted by molar-refractivity contribution is 1.37. The predicted molar refractivity (Wildman–Crippen MR) is 444 cm³/mol. The van der Waals surface area contributed by atoms with E-state index in [4.69, 9.17) is 29.9 Å². The molecule has 0 bridgehead atoms. The quantitative estimate of drug-likeness (QED) is 0.136. The molecule has 0 saturated carbocycles. The normalized spacial score (nSPS) is 11.7. The first kappa shape index (κ1) is 61.9. The van der Waals surface area contributed by atoms with Crippen LogP contribution in [0.5, 0.6) is 0 Å². The highest BCUT2D eigenvalue weighted by Crippen LogP contribution is 2.40. The Hall–Kier alpha value is -14.7. The Morgan fingerprint density at radius 1 is 0.148 bits per heavy atom. The summed E-state index contributed by atoms with van der Waals surface area (Å²) < 4.78 is 0. The van der Waals surface area contributed by atoms with Gasteiger partial charge >= 0.3 is 0 Å². The van der Waals surface area contributed by atoms with Gasteiger partial charge in [0.2, 0.25) is 0 Å². The van der Waals surface area contributed by atoms with Gasteiger partial charge in [-0.3, -0.25) is 19.9 Å². The lowest BCUT2D eigenvalue weighted by atomic mass is 9.95. The van der Waals surface area contributed by atoms with E-state index < -0.39 is 0 Å². The maximum atomic E-state index is 5.18. The van der Waals surface area contributed by atoms with Crippen LogP contribution in [0.3, 0.4) is 0 Å². The first-order valence-electron chi connectivity index (χ1n) is 36.1. The van der Waals surface area contributed by atoms with Crippen LogP contribution in [0.25, 0.3) is 220 Å². The molecule has 0 aliphatic carbocycles. The molecule has 22 aromatic rings. The summed E-state index contributed by atoms with van der Waals surface area (Å²) in [5.41, 5.74) is 26.0. The average molecular weight is 1380 g/mol. The van der Waals surface area contributed by atoms with Crippen LogP contribution in [0.4, 0.5) is 0 Å². The highest BCUT2D eigenvalue weighted by Gasteiger charge is 2.17. The standard InChI is InChI=1S/2C49H29N5/c1-4-30-5-2-24-50-47(30)41(7-1)46-23-18-40-29-36(16-21-44(40)53-46)35-15-20-42-39(28-35)17-22-43(52-42)37-12-10-34-27-38(13-11-33(34)26-37)45-19-14-32-9-8-31-6-3-25-51-48(31)49(32)54-45;1-2-10-38-37(9-1)39(19-20-40(38)45-23-14-32-13-12-31-8-5-27-51-48(31)49(32)54-45)44-24-17-35-28-33(15-21-42(35)52-44)34-16-22-43-36(29-34)18-25-46(53-43)41-11-3-6-30-7-4-26-50-47(30)41/h2*1-29H. The van der Waals surface area contributed by atoms with Crippen LogP contribution < -0.4 is 0 Å². The Morgan fingerprint density at radius 3 is 0.843 bits per heavy atom. The van der Waals surface area contributed by atoms with Crippen molar-refractivity contribution in [3.8, 4) is 89.8 Å². The SMILES string of the molecule is c1cnc2c(-c3ccc4cc(-c5ccc6nc(-c7ccc(-c8ccc9ccc%10cccnc%10c9n8)c8ccccc78)ccc6c5)ccc4n3)cccc2c1.c1cnc2c(-c3ccc4cc(-c5ccc6nc(-c7ccc8cc(-c9ccc%10ccc%11cccnc%11c%10n9)ccc8c7)ccc6c5)ccc4n3)cccc2c1. The Morgan fingerprint density at radius 2 is 0.426 bits per heavy atom. The number of aromatic nitrogens is 10. The highest BCUT2D eigenvalue weighted by molar-refractivity contribution is 6.09. The van der Waals surface area contributed by atoms with Crippen molar-refractivity contribution >= 4 is 131 Å². The van der Waals surface area contributed by atoms with Gasteiger partial charge in [0.05, 0.1) is 89.3 Å². The third-order valence-electron chi connectivity index (χ3n) is 21.0. The highest BCUT2D eigenvalue weighted by atomic mass is 14.8. The van der Waals surface area contributed by atoms with Gasteiger partial charge in [-0.2, -0.15) is 0 Å². The second-order valence-corrected chi connectivity index (χ2v) is 27.5. The van der Waals surface area contributed by atoms with Gasteiger partial charge in [-0.15, -0.1) is 0 Å². The zero-order valence-electron chi connectivity index (χ0n) is 58.0. The molecule has 0 fully saturated rings. The maximum absolute atomic E-state index is 5.18. The molecule has 0 N–H and O–H groups in total. The fourth-order valence-corrected chi connectivity index (χ4v) is 15.5. The van der Waals surface area contributed by atoms with E-state index in [-0.39, 0.29) is 0 Å². The molecule has 500 valence electrons. The fourth-order valence-electron chi connectivity index (χ4n) is 15.5. The molecule has 0 unspecified atom stereocenters. The molecule has 0 amide bonds. The third kappa shape index (κ3) is 11.1. The van der Waals surface area contributed by atoms with Gasteiger partial charge in [0.1, 0.15) is 0 Å². The fraction of sp³-hybridized carbons (Fsp3) is 0. The number of hydrogen-bond donors (Lipinski definition) is 0. The van der Waals surface area contributed by atoms with Crippen LogP contribution in [0.2, 0.25) is 0 Å². The Kier molecular flexibility index (Phi) is 14.7. The summed E-state index contributed by atoms with van der Waals surface area (Å²) in [5, 5.41) is 15.6. The van der Waals surface area contributed by atoms with Crippen molar-refractivity contribution in [3.05, 3.63) is 352 Å². The Bertz CT molecular complexity index is 7470. The molecule has 0 radical (unpaired) electrons. The van der Waals surface area contributed by atoms with Crippen molar-refractivity contribution in [1.82, 2.24) is 49.8 Å². The van der Waals surface area contributed by atoms with Crippen LogP contribution in [0, 0.1) is 0 Å². The molecule has 0 aliphatic heterocycles. The molecule has 22 rings (SSSR count). The molecule has 10 aromatic heterocycles. The van der Waals surface area contributed by atoms with Gasteiger partial charge in [0.25, 0.3) is 0 Å². The van der Waals surface area contributed by atoms with Crippen molar-refractivity contribution < 1.29 is 0 Å². The topological polar surface area (TPSA) is 129 Å². The largest absolute Gasteiger partial charge is 0.256 e. The minimum Gasteiger partial charge on any atom is -0.256 e.